The number of rotatable bonds is 5. The highest BCUT2D eigenvalue weighted by atomic mass is 16.2. The normalized spacial score (nSPS) is 19.4. The van der Waals surface area contributed by atoms with Crippen molar-refractivity contribution in [2.75, 3.05) is 13.1 Å². The lowest BCUT2D eigenvalue weighted by Gasteiger charge is -2.39. The fraction of sp³-hybridized carbons (Fsp3) is 0.818. The molecule has 1 rings (SSSR count). The molecule has 4 N–H and O–H groups in total. The summed E-state index contributed by atoms with van der Waals surface area (Å²) in [5, 5.41) is 5.40. The zero-order valence-corrected chi connectivity index (χ0v) is 10.0. The maximum absolute atomic E-state index is 11.9. The zero-order valence-electron chi connectivity index (χ0n) is 10.0. The molecule has 0 spiro atoms. The molecule has 1 atom stereocenters. The third-order valence-corrected chi connectivity index (χ3v) is 3.27. The minimum absolute atomic E-state index is 0.0833. The molecule has 0 bridgehead atoms. The van der Waals surface area contributed by atoms with E-state index in [0.29, 0.717) is 13.1 Å². The second kappa shape index (κ2) is 5.30. The molecule has 5 nitrogen and oxygen atoms in total. The van der Waals surface area contributed by atoms with Gasteiger partial charge in [0.2, 0.25) is 11.8 Å². The van der Waals surface area contributed by atoms with Gasteiger partial charge in [0.25, 0.3) is 0 Å². The highest BCUT2D eigenvalue weighted by molar-refractivity contribution is 5.90. The molecular weight excluding hydrogens is 206 g/mol. The molecule has 5 heteroatoms. The maximum atomic E-state index is 11.9. The van der Waals surface area contributed by atoms with Crippen LogP contribution >= 0.6 is 0 Å². The Labute approximate surface area is 96.1 Å². The first-order chi connectivity index (χ1) is 7.55. The summed E-state index contributed by atoms with van der Waals surface area (Å²) in [5.41, 5.74) is 5.20. The highest BCUT2D eigenvalue weighted by Crippen LogP contribution is 2.40. The van der Waals surface area contributed by atoms with Crippen LogP contribution in [0.25, 0.3) is 0 Å². The molecule has 0 aromatic carbocycles. The summed E-state index contributed by atoms with van der Waals surface area (Å²) >= 11 is 0. The monoisotopic (exact) mass is 227 g/mol. The summed E-state index contributed by atoms with van der Waals surface area (Å²) < 4.78 is 0. The predicted octanol–water partition coefficient (Wildman–Crippen LogP) is -0.244. The van der Waals surface area contributed by atoms with Crippen molar-refractivity contribution in [2.45, 2.75) is 39.2 Å². The largest absolute Gasteiger partial charge is 0.355 e. The van der Waals surface area contributed by atoms with Crippen LogP contribution in [-0.2, 0) is 9.59 Å². The van der Waals surface area contributed by atoms with E-state index in [1.54, 1.807) is 6.92 Å². The third kappa shape index (κ3) is 2.52. The molecule has 0 radical (unpaired) electrons. The lowest BCUT2D eigenvalue weighted by Crippen LogP contribution is -2.55. The number of carbonyl (C=O) groups excluding carboxylic acids is 2. The van der Waals surface area contributed by atoms with Gasteiger partial charge in [0.1, 0.15) is 6.04 Å². The van der Waals surface area contributed by atoms with Crippen LogP contribution in [0, 0.1) is 5.41 Å². The second-order valence-corrected chi connectivity index (χ2v) is 4.43. The van der Waals surface area contributed by atoms with Crippen LogP contribution in [0.3, 0.4) is 0 Å². The first-order valence-electron chi connectivity index (χ1n) is 5.84. The van der Waals surface area contributed by atoms with E-state index in [0.717, 1.165) is 19.3 Å². The van der Waals surface area contributed by atoms with Gasteiger partial charge in [-0.25, -0.2) is 0 Å². The summed E-state index contributed by atoms with van der Waals surface area (Å²) in [6.07, 6.45) is 2.70. The van der Waals surface area contributed by atoms with E-state index < -0.39 is 11.5 Å². The Bertz CT molecular complexity index is 269. The Hall–Kier alpha value is -1.10. The molecule has 2 amide bonds. The van der Waals surface area contributed by atoms with Crippen molar-refractivity contribution in [1.82, 2.24) is 10.6 Å². The minimum Gasteiger partial charge on any atom is -0.355 e. The molecule has 0 aromatic heterocycles. The van der Waals surface area contributed by atoms with E-state index in [-0.39, 0.29) is 11.8 Å². The van der Waals surface area contributed by atoms with Gasteiger partial charge in [-0.05, 0) is 26.7 Å². The van der Waals surface area contributed by atoms with Gasteiger partial charge in [0, 0.05) is 13.1 Å². The first kappa shape index (κ1) is 13.0. The Morgan fingerprint density at radius 1 is 1.44 bits per heavy atom. The molecule has 1 fully saturated rings. The molecule has 0 saturated heterocycles. The molecule has 0 heterocycles. The van der Waals surface area contributed by atoms with Crippen LogP contribution in [0.15, 0.2) is 0 Å². The fourth-order valence-electron chi connectivity index (χ4n) is 1.87. The molecular formula is C11H21N3O2. The number of nitrogens with one attached hydrogen (secondary N) is 2. The smallest absolute Gasteiger partial charge is 0.242 e. The van der Waals surface area contributed by atoms with E-state index in [4.69, 9.17) is 5.73 Å². The van der Waals surface area contributed by atoms with Gasteiger partial charge in [-0.2, -0.15) is 0 Å². The minimum atomic E-state index is -0.489. The van der Waals surface area contributed by atoms with Crippen molar-refractivity contribution < 1.29 is 9.59 Å². The Balaban J connectivity index is 2.47. The molecule has 16 heavy (non-hydrogen) atoms. The maximum Gasteiger partial charge on any atom is 0.242 e. The lowest BCUT2D eigenvalue weighted by atomic mass is 9.68. The van der Waals surface area contributed by atoms with Crippen LogP contribution < -0.4 is 16.4 Å². The Morgan fingerprint density at radius 2 is 2.06 bits per heavy atom. The van der Waals surface area contributed by atoms with Gasteiger partial charge >= 0.3 is 0 Å². The predicted molar refractivity (Wildman–Crippen MR) is 61.6 cm³/mol. The SMILES string of the molecule is CCNC(=O)C(C)NC(=O)C1(CN)CCC1. The standard InChI is InChI=1S/C11H21N3O2/c1-3-13-9(15)8(2)14-10(16)11(7-12)5-4-6-11/h8H,3-7,12H2,1-2H3,(H,13,15)(H,14,16). The van der Waals surface area contributed by atoms with Crippen molar-refractivity contribution in [3.05, 3.63) is 0 Å². The number of likely N-dealkylation sites (N-methyl/N-ethyl adjacent to an activating group) is 1. The lowest BCUT2D eigenvalue weighted by molar-refractivity contribution is -0.138. The van der Waals surface area contributed by atoms with E-state index in [2.05, 4.69) is 10.6 Å². The summed E-state index contributed by atoms with van der Waals surface area (Å²) in [7, 11) is 0. The molecule has 1 aliphatic rings. The van der Waals surface area contributed by atoms with Crippen molar-refractivity contribution in [2.24, 2.45) is 11.1 Å². The van der Waals surface area contributed by atoms with E-state index >= 15 is 0 Å². The second-order valence-electron chi connectivity index (χ2n) is 4.43. The topological polar surface area (TPSA) is 84.2 Å². The van der Waals surface area contributed by atoms with Crippen LogP contribution in [0.2, 0.25) is 0 Å². The summed E-state index contributed by atoms with van der Waals surface area (Å²) in [6.45, 7) is 4.47. The molecule has 0 aromatic rings. The van der Waals surface area contributed by atoms with Crippen LogP contribution in [0.5, 0.6) is 0 Å². The fourth-order valence-corrected chi connectivity index (χ4v) is 1.87. The molecule has 0 aliphatic heterocycles. The van der Waals surface area contributed by atoms with Gasteiger partial charge in [-0.15, -0.1) is 0 Å². The van der Waals surface area contributed by atoms with Crippen molar-refractivity contribution in [1.29, 1.82) is 0 Å². The first-order valence-corrected chi connectivity index (χ1v) is 5.84. The van der Waals surface area contributed by atoms with E-state index in [1.165, 1.54) is 0 Å². The summed E-state index contributed by atoms with van der Waals surface area (Å²) in [6, 6.07) is -0.489. The van der Waals surface area contributed by atoms with Gasteiger partial charge in [0.15, 0.2) is 0 Å². The average molecular weight is 227 g/mol. The quantitative estimate of drug-likeness (QED) is 0.606. The number of hydrogen-bond donors (Lipinski definition) is 3. The van der Waals surface area contributed by atoms with Crippen LogP contribution in [0.1, 0.15) is 33.1 Å². The molecule has 92 valence electrons. The van der Waals surface area contributed by atoms with Gasteiger partial charge < -0.3 is 16.4 Å². The van der Waals surface area contributed by atoms with Gasteiger partial charge in [0.05, 0.1) is 5.41 Å². The van der Waals surface area contributed by atoms with Gasteiger partial charge in [-0.3, -0.25) is 9.59 Å². The number of nitrogens with two attached hydrogens (primary N) is 1. The summed E-state index contributed by atoms with van der Waals surface area (Å²) in [4.78, 5) is 23.4. The summed E-state index contributed by atoms with van der Waals surface area (Å²) in [5.74, 6) is -0.234. The Morgan fingerprint density at radius 3 is 2.44 bits per heavy atom. The van der Waals surface area contributed by atoms with E-state index in [1.807, 2.05) is 6.92 Å². The molecule has 1 unspecified atom stereocenters. The number of carbonyl (C=O) groups is 2. The zero-order chi connectivity index (χ0) is 12.2. The third-order valence-electron chi connectivity index (χ3n) is 3.27. The van der Waals surface area contributed by atoms with Gasteiger partial charge in [-0.1, -0.05) is 6.42 Å². The highest BCUT2D eigenvalue weighted by Gasteiger charge is 2.43. The van der Waals surface area contributed by atoms with Crippen molar-refractivity contribution >= 4 is 11.8 Å². The molecule has 1 aliphatic carbocycles. The molecule has 1 saturated carbocycles. The number of amides is 2. The van der Waals surface area contributed by atoms with E-state index in [9.17, 15) is 9.59 Å². The average Bonchev–Trinajstić information content (AvgIpc) is 2.17. The number of hydrogen-bond acceptors (Lipinski definition) is 3. The van der Waals surface area contributed by atoms with Crippen molar-refractivity contribution in [3.8, 4) is 0 Å². The Kier molecular flexibility index (Phi) is 4.29. The van der Waals surface area contributed by atoms with Crippen LogP contribution in [0.4, 0.5) is 0 Å². The van der Waals surface area contributed by atoms with Crippen LogP contribution in [-0.4, -0.2) is 30.9 Å². The van der Waals surface area contributed by atoms with Crippen molar-refractivity contribution in [3.63, 3.8) is 0 Å².